The number of aryl methyl sites for hydroxylation is 1. The van der Waals surface area contributed by atoms with Crippen LogP contribution in [-0.4, -0.2) is 62.8 Å². The summed E-state index contributed by atoms with van der Waals surface area (Å²) in [6.45, 7) is 4.26. The zero-order valence-corrected chi connectivity index (χ0v) is 26.4. The molecule has 1 saturated heterocycles. The van der Waals surface area contributed by atoms with Crippen molar-refractivity contribution in [2.45, 2.75) is 77.5 Å². The zero-order chi connectivity index (χ0) is 31.4. The number of fused-ring (bicyclic) bond motifs is 1. The summed E-state index contributed by atoms with van der Waals surface area (Å²) in [7, 11) is 4.53. The molecule has 2 amide bonds. The molecule has 238 valence electrons. The van der Waals surface area contributed by atoms with Crippen LogP contribution in [0.5, 0.6) is 11.5 Å². The van der Waals surface area contributed by atoms with Crippen LogP contribution in [0.15, 0.2) is 46.5 Å². The molecular weight excluding hydrogens is 564 g/mol. The van der Waals surface area contributed by atoms with E-state index < -0.39 is 23.4 Å². The van der Waals surface area contributed by atoms with Gasteiger partial charge in [0, 0.05) is 24.6 Å². The van der Waals surface area contributed by atoms with Crippen LogP contribution < -0.4 is 14.8 Å². The molecule has 3 aliphatic rings. The Kier molecular flexibility index (Phi) is 9.68. The van der Waals surface area contributed by atoms with Crippen molar-refractivity contribution in [1.29, 1.82) is 0 Å². The van der Waals surface area contributed by atoms with E-state index in [0.29, 0.717) is 41.8 Å². The molecule has 2 aliphatic heterocycles. The molecule has 1 saturated carbocycles. The fourth-order valence-electron chi connectivity index (χ4n) is 7.12. The third-order valence-corrected chi connectivity index (χ3v) is 9.48. The summed E-state index contributed by atoms with van der Waals surface area (Å²) in [6.07, 6.45) is 6.17. The van der Waals surface area contributed by atoms with Gasteiger partial charge in [-0.3, -0.25) is 14.4 Å². The van der Waals surface area contributed by atoms with E-state index >= 15 is 0 Å². The van der Waals surface area contributed by atoms with Gasteiger partial charge in [-0.15, -0.1) is 0 Å². The van der Waals surface area contributed by atoms with E-state index in [-0.39, 0.29) is 37.3 Å². The minimum absolute atomic E-state index is 0.0732. The van der Waals surface area contributed by atoms with Gasteiger partial charge in [0.05, 0.1) is 40.1 Å². The number of nitrogens with one attached hydrogen (secondary N) is 1. The normalized spacial score (nSPS) is 25.3. The molecule has 1 aliphatic carbocycles. The van der Waals surface area contributed by atoms with Crippen molar-refractivity contribution >= 4 is 17.8 Å². The SMILES string of the molecule is COC(=O)[C@]12C[C@H](CC(=O)NCc3ccc(C)o3)C(=O)N(CCc3ccc(OC)c(OC)c3)C1=C[C@H](C1CCCC1)O[C@@H]2C. The Morgan fingerprint density at radius 2 is 1.82 bits per heavy atom. The highest BCUT2D eigenvalue weighted by molar-refractivity contribution is 5.92. The number of esters is 1. The first kappa shape index (κ1) is 31.6. The summed E-state index contributed by atoms with van der Waals surface area (Å²) >= 11 is 0. The van der Waals surface area contributed by atoms with Crippen LogP contribution in [0.4, 0.5) is 0 Å². The van der Waals surface area contributed by atoms with Crippen molar-refractivity contribution in [1.82, 2.24) is 10.2 Å². The molecule has 0 unspecified atom stereocenters. The highest BCUT2D eigenvalue weighted by Crippen LogP contribution is 2.51. The quantitative estimate of drug-likeness (QED) is 0.364. The van der Waals surface area contributed by atoms with E-state index in [1.807, 2.05) is 50.3 Å². The monoisotopic (exact) mass is 608 g/mol. The topological polar surface area (TPSA) is 117 Å². The first-order chi connectivity index (χ1) is 21.2. The Morgan fingerprint density at radius 1 is 1.07 bits per heavy atom. The van der Waals surface area contributed by atoms with Gasteiger partial charge < -0.3 is 33.6 Å². The van der Waals surface area contributed by atoms with Gasteiger partial charge in [-0.05, 0) is 81.4 Å². The maximum Gasteiger partial charge on any atom is 0.320 e. The highest BCUT2D eigenvalue weighted by Gasteiger charge is 2.60. The number of carbonyl (C=O) groups excluding carboxylic acids is 3. The van der Waals surface area contributed by atoms with E-state index in [9.17, 15) is 14.4 Å². The van der Waals surface area contributed by atoms with Crippen molar-refractivity contribution < 1.29 is 37.7 Å². The van der Waals surface area contributed by atoms with E-state index in [1.165, 1.54) is 7.11 Å². The van der Waals surface area contributed by atoms with Crippen molar-refractivity contribution in [3.05, 3.63) is 59.2 Å². The molecule has 0 radical (unpaired) electrons. The Balaban J connectivity index is 1.46. The number of hydrogen-bond acceptors (Lipinski definition) is 8. The number of benzene rings is 1. The second-order valence-electron chi connectivity index (χ2n) is 12.1. The Bertz CT molecular complexity index is 1390. The predicted molar refractivity (Wildman–Crippen MR) is 162 cm³/mol. The van der Waals surface area contributed by atoms with Gasteiger partial charge in [0.25, 0.3) is 0 Å². The molecular formula is C34H44N2O8. The zero-order valence-electron chi connectivity index (χ0n) is 26.4. The van der Waals surface area contributed by atoms with Crippen LogP contribution in [0.25, 0.3) is 0 Å². The third kappa shape index (κ3) is 6.22. The largest absolute Gasteiger partial charge is 0.493 e. The molecule has 0 spiro atoms. The lowest BCUT2D eigenvalue weighted by molar-refractivity contribution is -0.177. The van der Waals surface area contributed by atoms with Crippen LogP contribution in [0.3, 0.4) is 0 Å². The van der Waals surface area contributed by atoms with Crippen LogP contribution in [0.1, 0.15) is 62.5 Å². The first-order valence-corrected chi connectivity index (χ1v) is 15.5. The minimum Gasteiger partial charge on any atom is -0.493 e. The van der Waals surface area contributed by atoms with E-state index in [0.717, 1.165) is 37.0 Å². The van der Waals surface area contributed by atoms with Gasteiger partial charge >= 0.3 is 5.97 Å². The molecule has 10 nitrogen and oxygen atoms in total. The van der Waals surface area contributed by atoms with Crippen molar-refractivity contribution in [3.8, 4) is 11.5 Å². The number of piperidine rings is 1. The molecule has 2 fully saturated rings. The summed E-state index contributed by atoms with van der Waals surface area (Å²) in [5, 5.41) is 2.87. The van der Waals surface area contributed by atoms with E-state index in [4.69, 9.17) is 23.4 Å². The summed E-state index contributed by atoms with van der Waals surface area (Å²) in [5.74, 6) is 1.25. The summed E-state index contributed by atoms with van der Waals surface area (Å²) in [5.41, 5.74) is 0.354. The number of rotatable bonds is 11. The summed E-state index contributed by atoms with van der Waals surface area (Å²) < 4.78 is 28.4. The Morgan fingerprint density at radius 3 is 2.48 bits per heavy atom. The molecule has 1 aromatic carbocycles. The lowest BCUT2D eigenvalue weighted by Crippen LogP contribution is -2.61. The van der Waals surface area contributed by atoms with Crippen LogP contribution in [0, 0.1) is 24.2 Å². The standard InChI is InChI=1S/C34H44N2O8/c1-21-10-12-26(43-21)20-35-31(37)17-25-19-34(33(39)42-5)22(2)44-28(24-8-6-7-9-24)18-30(34)36(32(25)38)15-14-23-11-13-27(40-3)29(16-23)41-4/h10-13,16,18,22,24-25,28H,6-9,14-15,17,19-20H2,1-5H3,(H,35,37)/t22-,25+,28-,34+/m1/s1. The molecule has 3 heterocycles. The van der Waals surface area contributed by atoms with E-state index in [1.54, 1.807) is 19.1 Å². The summed E-state index contributed by atoms with van der Waals surface area (Å²) in [4.78, 5) is 42.9. The molecule has 44 heavy (non-hydrogen) atoms. The number of amides is 2. The average Bonchev–Trinajstić information content (AvgIpc) is 3.72. The smallest absolute Gasteiger partial charge is 0.320 e. The van der Waals surface area contributed by atoms with Gasteiger partial charge in [-0.1, -0.05) is 18.9 Å². The number of ether oxygens (including phenoxy) is 4. The maximum atomic E-state index is 14.3. The number of nitrogens with zero attached hydrogens (tertiary/aromatic N) is 1. The molecule has 0 bridgehead atoms. The molecule has 5 rings (SSSR count). The number of hydrogen-bond donors (Lipinski definition) is 1. The predicted octanol–water partition coefficient (Wildman–Crippen LogP) is 4.72. The second-order valence-corrected chi connectivity index (χ2v) is 12.1. The number of likely N-dealkylation sites (tertiary alicyclic amines) is 1. The Labute approximate surface area is 259 Å². The average molecular weight is 609 g/mol. The summed E-state index contributed by atoms with van der Waals surface area (Å²) in [6, 6.07) is 9.31. The first-order valence-electron chi connectivity index (χ1n) is 15.5. The Hall–Kier alpha value is -3.79. The lowest BCUT2D eigenvalue weighted by atomic mass is 9.66. The van der Waals surface area contributed by atoms with E-state index in [2.05, 4.69) is 5.32 Å². The van der Waals surface area contributed by atoms with Crippen molar-refractivity contribution in [2.24, 2.45) is 17.3 Å². The van der Waals surface area contributed by atoms with Crippen molar-refractivity contribution in [2.75, 3.05) is 27.9 Å². The van der Waals surface area contributed by atoms with Crippen LogP contribution >= 0.6 is 0 Å². The maximum absolute atomic E-state index is 14.3. The number of carbonyl (C=O) groups is 3. The van der Waals surface area contributed by atoms with Gasteiger partial charge in [0.15, 0.2) is 11.5 Å². The third-order valence-electron chi connectivity index (χ3n) is 9.48. The molecule has 2 aromatic rings. The fourth-order valence-corrected chi connectivity index (χ4v) is 7.12. The minimum atomic E-state index is -1.22. The molecule has 10 heteroatoms. The van der Waals surface area contributed by atoms with Gasteiger partial charge in [-0.25, -0.2) is 0 Å². The van der Waals surface area contributed by atoms with Gasteiger partial charge in [0.2, 0.25) is 11.8 Å². The number of methoxy groups -OCH3 is 3. The molecule has 1 aromatic heterocycles. The van der Waals surface area contributed by atoms with Gasteiger partial charge in [-0.2, -0.15) is 0 Å². The number of furan rings is 1. The van der Waals surface area contributed by atoms with Crippen LogP contribution in [-0.2, 0) is 36.8 Å². The highest BCUT2D eigenvalue weighted by atomic mass is 16.5. The van der Waals surface area contributed by atoms with Crippen LogP contribution in [0.2, 0.25) is 0 Å². The van der Waals surface area contributed by atoms with Crippen molar-refractivity contribution in [3.63, 3.8) is 0 Å². The fraction of sp³-hybridized carbons (Fsp3) is 0.559. The molecule has 4 atom stereocenters. The lowest BCUT2D eigenvalue weighted by Gasteiger charge is -2.52. The molecule has 1 N–H and O–H groups in total. The second kappa shape index (κ2) is 13.5. The van der Waals surface area contributed by atoms with Gasteiger partial charge in [0.1, 0.15) is 16.9 Å².